The Morgan fingerprint density at radius 1 is 1.06 bits per heavy atom. The van der Waals surface area contributed by atoms with Crippen LogP contribution in [0.25, 0.3) is 21.5 Å². The number of anilines is 1. The number of nitrogens with one attached hydrogen (secondary N) is 1. The first-order valence-electron chi connectivity index (χ1n) is 10.2. The molecule has 0 amide bonds. The molecule has 2 N–H and O–H groups in total. The van der Waals surface area contributed by atoms with Gasteiger partial charge in [-0.2, -0.15) is 0 Å². The minimum atomic E-state index is -0.411. The molecule has 1 fully saturated rings. The summed E-state index contributed by atoms with van der Waals surface area (Å²) in [6, 6.07) is 10.7. The van der Waals surface area contributed by atoms with Crippen molar-refractivity contribution in [3.05, 3.63) is 60.8 Å². The second-order valence-electron chi connectivity index (χ2n) is 7.62. The summed E-state index contributed by atoms with van der Waals surface area (Å²) >= 11 is 1.54. The van der Waals surface area contributed by atoms with Gasteiger partial charge in [0.15, 0.2) is 5.13 Å². The highest BCUT2D eigenvalue weighted by Crippen LogP contribution is 2.33. The number of thiazole rings is 1. The van der Waals surface area contributed by atoms with Crippen molar-refractivity contribution in [2.75, 3.05) is 5.32 Å². The SMILES string of the molecule is O[C@@H]1CCCC[C@H]1Nc1nc2ccc(Oc3ccnc(-c4cncc(F)c4)c3)cc2s1. The van der Waals surface area contributed by atoms with Gasteiger partial charge in [-0.25, -0.2) is 9.37 Å². The highest BCUT2D eigenvalue weighted by atomic mass is 32.1. The van der Waals surface area contributed by atoms with Crippen LogP contribution in [0, 0.1) is 5.82 Å². The quantitative estimate of drug-likeness (QED) is 0.436. The lowest BCUT2D eigenvalue weighted by atomic mass is 9.93. The van der Waals surface area contributed by atoms with Crippen LogP contribution in [-0.2, 0) is 0 Å². The molecule has 0 spiro atoms. The third-order valence-corrected chi connectivity index (χ3v) is 6.32. The van der Waals surface area contributed by atoms with Gasteiger partial charge in [-0.05, 0) is 37.1 Å². The lowest BCUT2D eigenvalue weighted by molar-refractivity contribution is 0.116. The van der Waals surface area contributed by atoms with Crippen molar-refractivity contribution >= 4 is 26.7 Å². The molecule has 1 saturated carbocycles. The number of benzene rings is 1. The topological polar surface area (TPSA) is 80.2 Å². The van der Waals surface area contributed by atoms with E-state index in [9.17, 15) is 9.50 Å². The Morgan fingerprint density at radius 2 is 1.94 bits per heavy atom. The lowest BCUT2D eigenvalue weighted by Crippen LogP contribution is -2.36. The zero-order valence-electron chi connectivity index (χ0n) is 16.7. The molecule has 2 atom stereocenters. The molecule has 3 heterocycles. The number of halogens is 1. The van der Waals surface area contributed by atoms with Crippen LogP contribution in [0.2, 0.25) is 0 Å². The van der Waals surface area contributed by atoms with Crippen LogP contribution in [0.4, 0.5) is 9.52 Å². The number of aliphatic hydroxyl groups excluding tert-OH is 1. The molecule has 0 bridgehead atoms. The fourth-order valence-electron chi connectivity index (χ4n) is 3.79. The van der Waals surface area contributed by atoms with E-state index in [2.05, 4.69) is 20.3 Å². The average molecular weight is 437 g/mol. The second kappa shape index (κ2) is 8.56. The van der Waals surface area contributed by atoms with E-state index in [1.807, 2.05) is 18.2 Å². The smallest absolute Gasteiger partial charge is 0.184 e. The fourth-order valence-corrected chi connectivity index (χ4v) is 4.74. The van der Waals surface area contributed by atoms with E-state index >= 15 is 0 Å². The summed E-state index contributed by atoms with van der Waals surface area (Å²) in [6.07, 6.45) is 8.01. The monoisotopic (exact) mass is 436 g/mol. The van der Waals surface area contributed by atoms with Crippen molar-refractivity contribution in [3.63, 3.8) is 0 Å². The van der Waals surface area contributed by atoms with E-state index in [1.165, 1.54) is 6.07 Å². The summed E-state index contributed by atoms with van der Waals surface area (Å²) in [5.74, 6) is 0.864. The number of aromatic nitrogens is 3. The van der Waals surface area contributed by atoms with Crippen molar-refractivity contribution in [1.82, 2.24) is 15.0 Å². The predicted molar refractivity (Wildman–Crippen MR) is 119 cm³/mol. The van der Waals surface area contributed by atoms with Gasteiger partial charge in [-0.15, -0.1) is 0 Å². The minimum Gasteiger partial charge on any atom is -0.457 e. The van der Waals surface area contributed by atoms with Crippen molar-refractivity contribution in [2.24, 2.45) is 0 Å². The first-order valence-corrected chi connectivity index (χ1v) is 11.1. The molecule has 1 aliphatic carbocycles. The number of aliphatic hydroxyl groups is 1. The number of hydrogen-bond donors (Lipinski definition) is 2. The Labute approximate surface area is 182 Å². The summed E-state index contributed by atoms with van der Waals surface area (Å²) in [5, 5.41) is 14.4. The summed E-state index contributed by atoms with van der Waals surface area (Å²) in [4.78, 5) is 12.8. The summed E-state index contributed by atoms with van der Waals surface area (Å²) in [6.45, 7) is 0. The molecule has 0 aliphatic heterocycles. The van der Waals surface area contributed by atoms with Crippen LogP contribution in [0.3, 0.4) is 0 Å². The van der Waals surface area contributed by atoms with Gasteiger partial charge in [0, 0.05) is 30.1 Å². The maximum Gasteiger partial charge on any atom is 0.184 e. The molecule has 31 heavy (non-hydrogen) atoms. The molecule has 6 nitrogen and oxygen atoms in total. The number of pyridine rings is 2. The van der Waals surface area contributed by atoms with E-state index in [0.29, 0.717) is 22.8 Å². The Balaban J connectivity index is 1.34. The normalized spacial score (nSPS) is 18.8. The van der Waals surface area contributed by atoms with Gasteiger partial charge < -0.3 is 15.2 Å². The van der Waals surface area contributed by atoms with E-state index in [1.54, 1.807) is 35.9 Å². The molecule has 3 aromatic heterocycles. The molecular weight excluding hydrogens is 415 g/mol. The minimum absolute atomic E-state index is 0.0533. The zero-order valence-corrected chi connectivity index (χ0v) is 17.5. The zero-order chi connectivity index (χ0) is 21.2. The Hall–Kier alpha value is -3.10. The van der Waals surface area contributed by atoms with Crippen molar-refractivity contribution in [1.29, 1.82) is 0 Å². The van der Waals surface area contributed by atoms with Gasteiger partial charge in [-0.1, -0.05) is 24.2 Å². The molecule has 4 aromatic rings. The Kier molecular flexibility index (Phi) is 5.48. The predicted octanol–water partition coefficient (Wildman–Crippen LogP) is 5.40. The van der Waals surface area contributed by atoms with Crippen LogP contribution in [0.15, 0.2) is 55.0 Å². The van der Waals surface area contributed by atoms with Gasteiger partial charge in [0.1, 0.15) is 17.3 Å². The first kappa shape index (κ1) is 19.8. The third kappa shape index (κ3) is 4.50. The maximum absolute atomic E-state index is 13.5. The highest BCUT2D eigenvalue weighted by molar-refractivity contribution is 7.22. The molecule has 0 saturated heterocycles. The molecular formula is C23H21FN4O2S. The van der Waals surface area contributed by atoms with E-state index in [4.69, 9.17) is 4.74 Å². The van der Waals surface area contributed by atoms with E-state index < -0.39 is 5.82 Å². The van der Waals surface area contributed by atoms with Gasteiger partial charge in [0.25, 0.3) is 0 Å². The van der Waals surface area contributed by atoms with E-state index in [0.717, 1.165) is 47.2 Å². The number of fused-ring (bicyclic) bond motifs is 1. The summed E-state index contributed by atoms with van der Waals surface area (Å²) in [7, 11) is 0. The summed E-state index contributed by atoms with van der Waals surface area (Å²) in [5.41, 5.74) is 2.05. The Bertz CT molecular complexity index is 1220. The molecule has 1 aliphatic rings. The average Bonchev–Trinajstić information content (AvgIpc) is 3.17. The van der Waals surface area contributed by atoms with Crippen LogP contribution in [0.5, 0.6) is 11.5 Å². The molecule has 158 valence electrons. The van der Waals surface area contributed by atoms with Gasteiger partial charge in [0.05, 0.1) is 34.3 Å². The standard InChI is InChI=1S/C23H21FN4O2S/c24-15-9-14(12-25-13-15)20-10-17(7-8-26-20)30-16-5-6-19-22(11-16)31-23(28-19)27-18-3-1-2-4-21(18)29/h5-13,18,21,29H,1-4H2,(H,27,28)/t18-,21-/m1/s1. The summed E-state index contributed by atoms with van der Waals surface area (Å²) < 4.78 is 20.5. The number of ether oxygens (including phenoxy) is 1. The molecule has 5 rings (SSSR count). The Morgan fingerprint density at radius 3 is 2.81 bits per heavy atom. The number of rotatable bonds is 5. The van der Waals surface area contributed by atoms with Crippen LogP contribution in [-0.4, -0.2) is 32.2 Å². The van der Waals surface area contributed by atoms with Gasteiger partial charge >= 0.3 is 0 Å². The van der Waals surface area contributed by atoms with Gasteiger partial charge in [0.2, 0.25) is 0 Å². The van der Waals surface area contributed by atoms with Gasteiger partial charge in [-0.3, -0.25) is 9.97 Å². The van der Waals surface area contributed by atoms with E-state index in [-0.39, 0.29) is 12.1 Å². The number of hydrogen-bond acceptors (Lipinski definition) is 7. The molecule has 1 aromatic carbocycles. The van der Waals surface area contributed by atoms with Crippen LogP contribution >= 0.6 is 11.3 Å². The molecule has 0 radical (unpaired) electrons. The lowest BCUT2D eigenvalue weighted by Gasteiger charge is -2.27. The fraction of sp³-hybridized carbons (Fsp3) is 0.261. The maximum atomic E-state index is 13.5. The molecule has 8 heteroatoms. The number of nitrogens with zero attached hydrogens (tertiary/aromatic N) is 3. The largest absolute Gasteiger partial charge is 0.457 e. The highest BCUT2D eigenvalue weighted by Gasteiger charge is 2.23. The third-order valence-electron chi connectivity index (χ3n) is 5.37. The first-order chi connectivity index (χ1) is 15.1. The van der Waals surface area contributed by atoms with Crippen molar-refractivity contribution in [2.45, 2.75) is 37.8 Å². The molecule has 0 unspecified atom stereocenters. The van der Waals surface area contributed by atoms with Crippen LogP contribution in [0.1, 0.15) is 25.7 Å². The van der Waals surface area contributed by atoms with Crippen molar-refractivity contribution in [3.8, 4) is 22.8 Å². The second-order valence-corrected chi connectivity index (χ2v) is 8.65. The van der Waals surface area contributed by atoms with Crippen molar-refractivity contribution < 1.29 is 14.2 Å². The van der Waals surface area contributed by atoms with Crippen LogP contribution < -0.4 is 10.1 Å².